The lowest BCUT2D eigenvalue weighted by molar-refractivity contribution is -0.606. The maximum absolute atomic E-state index is 14.0. The first kappa shape index (κ1) is 45.5. The predicted octanol–water partition coefficient (Wildman–Crippen LogP) is 4.89. The van der Waals surface area contributed by atoms with Crippen molar-refractivity contribution in [3.63, 3.8) is 0 Å². The number of nitrogens with one attached hydrogen (secondary N) is 2. The fourth-order valence-electron chi connectivity index (χ4n) is 6.61. The number of ether oxygens (including phenoxy) is 1. The van der Waals surface area contributed by atoms with E-state index in [1.54, 1.807) is 27.7 Å². The molecule has 14 heteroatoms. The Labute approximate surface area is 331 Å². The largest absolute Gasteiger partial charge is 0.444 e. The number of rotatable bonds is 19. The maximum Gasteiger partial charge on any atom is 0.432 e. The van der Waals surface area contributed by atoms with Gasteiger partial charge in [0.05, 0.1) is 12.1 Å². The molecule has 6 amide bonds. The highest BCUT2D eigenvalue weighted by Crippen LogP contribution is 2.28. The number of aliphatic imine (C=N–C) groups is 1. The molecule has 2 aromatic carbocycles. The Hall–Kier alpha value is -4.92. The van der Waals surface area contributed by atoms with Crippen molar-refractivity contribution in [2.45, 2.75) is 123 Å². The van der Waals surface area contributed by atoms with Crippen LogP contribution in [0.15, 0.2) is 77.6 Å². The van der Waals surface area contributed by atoms with Crippen molar-refractivity contribution in [1.29, 1.82) is 0 Å². The summed E-state index contributed by atoms with van der Waals surface area (Å²) in [6.45, 7) is 12.8. The van der Waals surface area contributed by atoms with Gasteiger partial charge in [-0.25, -0.2) is 19.4 Å². The number of hydrogen-bond acceptors (Lipinski definition) is 9. The molecule has 0 fully saturated rings. The molecule has 0 aliphatic carbocycles. The number of carbonyl (C=O) groups is 5. The monoisotopic (exact) mass is 776 g/mol. The zero-order valence-electron chi connectivity index (χ0n) is 33.9. The second-order valence-corrected chi connectivity index (χ2v) is 16.0. The van der Waals surface area contributed by atoms with Gasteiger partial charge in [-0.15, -0.1) is 4.48 Å². The number of imide groups is 1. The molecule has 2 aromatic rings. The zero-order valence-corrected chi connectivity index (χ0v) is 33.9. The smallest absolute Gasteiger partial charge is 0.432 e. The van der Waals surface area contributed by atoms with Gasteiger partial charge in [0.25, 0.3) is 0 Å². The van der Waals surface area contributed by atoms with Crippen molar-refractivity contribution in [1.82, 2.24) is 15.5 Å². The quantitative estimate of drug-likeness (QED) is 0.0979. The van der Waals surface area contributed by atoms with Crippen LogP contribution >= 0.6 is 0 Å². The average Bonchev–Trinajstić information content (AvgIpc) is 3.57. The number of aliphatic hydroxyl groups is 1. The lowest BCUT2D eigenvalue weighted by Crippen LogP contribution is -2.59. The second-order valence-electron chi connectivity index (χ2n) is 16.0. The lowest BCUT2D eigenvalue weighted by Gasteiger charge is -2.40. The fraction of sp³-hybridized carbons (Fsp3) is 0.524. The number of amides is 6. The second kappa shape index (κ2) is 20.8. The zero-order chi connectivity index (χ0) is 41.6. The van der Waals surface area contributed by atoms with Crippen molar-refractivity contribution in [2.75, 3.05) is 6.54 Å². The van der Waals surface area contributed by atoms with Crippen LogP contribution in [0, 0.1) is 11.8 Å². The molecule has 3 unspecified atom stereocenters. The van der Waals surface area contributed by atoms with Crippen LogP contribution in [0.5, 0.6) is 0 Å². The number of nitrogens with two attached hydrogens (primary N) is 2. The van der Waals surface area contributed by atoms with E-state index in [2.05, 4.69) is 15.6 Å². The first-order valence-electron chi connectivity index (χ1n) is 19.5. The third kappa shape index (κ3) is 13.1. The third-order valence-corrected chi connectivity index (χ3v) is 9.48. The average molecular weight is 777 g/mol. The summed E-state index contributed by atoms with van der Waals surface area (Å²) in [7, 11) is 0. The van der Waals surface area contributed by atoms with Crippen LogP contribution in [0.3, 0.4) is 0 Å². The van der Waals surface area contributed by atoms with Crippen LogP contribution < -0.4 is 22.1 Å². The molecule has 0 saturated carbocycles. The van der Waals surface area contributed by atoms with Crippen molar-refractivity contribution in [3.05, 3.63) is 83.7 Å². The number of quaternary nitrogens is 1. The fourth-order valence-corrected chi connectivity index (χ4v) is 6.61. The molecular formula is C42H62N7O7+. The summed E-state index contributed by atoms with van der Waals surface area (Å²) >= 11 is 0. The van der Waals surface area contributed by atoms with Crippen molar-refractivity contribution in [3.8, 4) is 0 Å². The Morgan fingerprint density at radius 2 is 1.50 bits per heavy atom. The molecule has 1 aliphatic heterocycles. The van der Waals surface area contributed by atoms with Gasteiger partial charge in [-0.2, -0.15) is 0 Å². The van der Waals surface area contributed by atoms with E-state index in [0.717, 1.165) is 23.9 Å². The molecule has 0 bridgehead atoms. The van der Waals surface area contributed by atoms with Crippen LogP contribution in [-0.2, 0) is 32.1 Å². The molecule has 0 saturated heterocycles. The molecule has 0 radical (unpaired) electrons. The molecule has 3 rings (SSSR count). The highest BCUT2D eigenvalue weighted by Gasteiger charge is 2.48. The van der Waals surface area contributed by atoms with E-state index in [0.29, 0.717) is 25.0 Å². The van der Waals surface area contributed by atoms with E-state index in [1.165, 1.54) is 11.1 Å². The molecular weight excluding hydrogens is 715 g/mol. The Bertz CT molecular complexity index is 1690. The highest BCUT2D eigenvalue weighted by atomic mass is 16.6. The van der Waals surface area contributed by atoms with E-state index in [1.807, 2.05) is 81.4 Å². The summed E-state index contributed by atoms with van der Waals surface area (Å²) in [6, 6.07) is 14.9. The Balaban J connectivity index is 1.85. The van der Waals surface area contributed by atoms with Crippen LogP contribution in [0.1, 0.15) is 91.7 Å². The highest BCUT2D eigenvalue weighted by molar-refractivity contribution is 6.00. The number of urea groups is 1. The Morgan fingerprint density at radius 1 is 0.911 bits per heavy atom. The molecule has 6 atom stereocenters. The number of aliphatic hydroxyl groups excluding tert-OH is 1. The summed E-state index contributed by atoms with van der Waals surface area (Å²) in [5.41, 5.74) is 13.2. The summed E-state index contributed by atoms with van der Waals surface area (Å²) in [5.74, 6) is -2.58. The Morgan fingerprint density at radius 3 is 2.05 bits per heavy atom. The minimum absolute atomic E-state index is 0.00447. The van der Waals surface area contributed by atoms with Crippen LogP contribution in [0.2, 0.25) is 0 Å². The molecule has 56 heavy (non-hydrogen) atoms. The van der Waals surface area contributed by atoms with Gasteiger partial charge < -0.3 is 31.9 Å². The van der Waals surface area contributed by atoms with Crippen molar-refractivity contribution < 1.29 is 38.3 Å². The molecule has 14 nitrogen and oxygen atoms in total. The summed E-state index contributed by atoms with van der Waals surface area (Å²) in [6.07, 6.45) is 2.84. The first-order chi connectivity index (χ1) is 26.4. The SMILES string of the molecule is CCCCC(C(=O)NCc1ccccc1)C(=O)NC[C@H](O)C(CC(C)C)N(C(=O)OC(C)(C)C)[C@H](C)CC1=C[N+](C(N)=O)(C(=O)[C@@H](N)Cc2ccccc2)C=N1. The number of primary amides is 1. The number of benzene rings is 2. The summed E-state index contributed by atoms with van der Waals surface area (Å²) in [4.78, 5) is 73.1. The summed E-state index contributed by atoms with van der Waals surface area (Å²) < 4.78 is 4.81. The van der Waals surface area contributed by atoms with Crippen LogP contribution in [0.4, 0.5) is 9.59 Å². The normalized spacial score (nSPS) is 17.9. The van der Waals surface area contributed by atoms with Crippen LogP contribution in [-0.4, -0.2) is 87.0 Å². The number of unbranched alkanes of at least 4 members (excludes halogenated alkanes) is 1. The number of carbonyl (C=O) groups excluding carboxylic acids is 5. The Kier molecular flexibility index (Phi) is 16.9. The predicted molar refractivity (Wildman–Crippen MR) is 215 cm³/mol. The molecule has 306 valence electrons. The molecule has 1 aliphatic rings. The standard InChI is InChI=1S/C42H61N7O7/c1-8-9-20-33(37(51)45-24-31-18-14-11-15-19-31)38(52)46-25-36(50)35(21-28(2)3)48(41(55)56-42(5,6)7)29(4)22-32-26-49(27-47-32,40(44)54)39(53)34(43)23-30-16-12-10-13-17-30/h10-19,26-29,33-36,50H,8-9,20-25,43H2,1-7H3,(H3-,44,45,46,51,52,54)/p+1/t29-,33?,34+,35?,36+,49?/m1/s1. The minimum Gasteiger partial charge on any atom is -0.444 e. The van der Waals surface area contributed by atoms with Gasteiger partial charge in [-0.1, -0.05) is 94.3 Å². The molecule has 0 spiro atoms. The van der Waals surface area contributed by atoms with E-state index in [-0.39, 0.29) is 31.8 Å². The van der Waals surface area contributed by atoms with Gasteiger partial charge in [-0.3, -0.25) is 14.5 Å². The molecule has 0 aromatic heterocycles. The van der Waals surface area contributed by atoms with Gasteiger partial charge in [0.15, 0.2) is 0 Å². The van der Waals surface area contributed by atoms with Crippen LogP contribution in [0.25, 0.3) is 0 Å². The van der Waals surface area contributed by atoms with E-state index in [9.17, 15) is 29.1 Å². The van der Waals surface area contributed by atoms with Gasteiger partial charge >= 0.3 is 18.0 Å². The lowest BCUT2D eigenvalue weighted by atomic mass is 9.95. The van der Waals surface area contributed by atoms with Gasteiger partial charge in [-0.05, 0) is 57.6 Å². The van der Waals surface area contributed by atoms with Gasteiger partial charge in [0.2, 0.25) is 18.2 Å². The maximum atomic E-state index is 14.0. The minimum atomic E-state index is -1.27. The topological polar surface area (TPSA) is 207 Å². The van der Waals surface area contributed by atoms with E-state index < -0.39 is 70.1 Å². The van der Waals surface area contributed by atoms with Crippen molar-refractivity contribution in [2.24, 2.45) is 28.3 Å². The van der Waals surface area contributed by atoms with E-state index in [4.69, 9.17) is 16.2 Å². The summed E-state index contributed by atoms with van der Waals surface area (Å²) in [5, 5.41) is 17.4. The number of nitrogens with zero attached hydrogens (tertiary/aromatic N) is 3. The third-order valence-electron chi connectivity index (χ3n) is 9.48. The van der Waals surface area contributed by atoms with Gasteiger partial charge in [0.1, 0.15) is 29.5 Å². The van der Waals surface area contributed by atoms with Crippen molar-refractivity contribution >= 4 is 36.2 Å². The molecule has 7 N–H and O–H groups in total. The first-order valence-corrected chi connectivity index (χ1v) is 19.5. The molecule has 1 heterocycles. The van der Waals surface area contributed by atoms with E-state index >= 15 is 0 Å². The number of hydrogen-bond donors (Lipinski definition) is 5. The van der Waals surface area contributed by atoms with Gasteiger partial charge in [0, 0.05) is 32.0 Å².